The molecule has 1 rings (SSSR count). The van der Waals surface area contributed by atoms with Gasteiger partial charge in [0.05, 0.1) is 0 Å². The second kappa shape index (κ2) is 2.90. The lowest BCUT2D eigenvalue weighted by Crippen LogP contribution is -2.06. The van der Waals surface area contributed by atoms with Crippen molar-refractivity contribution in [2.45, 2.75) is 13.0 Å². The Kier molecular flexibility index (Phi) is 2.13. The van der Waals surface area contributed by atoms with Gasteiger partial charge in [-0.2, -0.15) is 0 Å². The smallest absolute Gasteiger partial charge is 0.165 e. The molecule has 1 unspecified atom stereocenters. The molecule has 0 aliphatic heterocycles. The quantitative estimate of drug-likeness (QED) is 0.689. The fourth-order valence-corrected chi connectivity index (χ4v) is 1.22. The molecule has 0 spiro atoms. The Labute approximate surface area is 62.3 Å². The highest BCUT2D eigenvalue weighted by Crippen LogP contribution is 2.15. The van der Waals surface area contributed by atoms with E-state index in [9.17, 15) is 4.79 Å². The largest absolute Gasteiger partial charge is 0.378 e. The van der Waals surface area contributed by atoms with E-state index < -0.39 is 6.10 Å². The summed E-state index contributed by atoms with van der Waals surface area (Å²) >= 11 is 1.28. The maximum atomic E-state index is 10.6. The van der Waals surface area contributed by atoms with Gasteiger partial charge in [0.2, 0.25) is 0 Å². The molecule has 0 aliphatic carbocycles. The van der Waals surface area contributed by atoms with Crippen LogP contribution in [0.4, 0.5) is 0 Å². The molecule has 0 aliphatic rings. The number of hydrogen-bond donors (Lipinski definition) is 1. The Balaban J connectivity index is 2.77. The Morgan fingerprint density at radius 2 is 2.60 bits per heavy atom. The highest BCUT2D eigenvalue weighted by molar-refractivity contribution is 7.09. The van der Waals surface area contributed by atoms with Gasteiger partial charge in [0.1, 0.15) is 5.01 Å². The van der Waals surface area contributed by atoms with Crippen LogP contribution in [0, 0.1) is 0 Å². The summed E-state index contributed by atoms with van der Waals surface area (Å²) in [6.45, 7) is 1.34. The van der Waals surface area contributed by atoms with Gasteiger partial charge >= 0.3 is 0 Å². The van der Waals surface area contributed by atoms with Crippen LogP contribution in [-0.2, 0) is 4.79 Å². The molecule has 54 valence electrons. The molecule has 1 aromatic rings. The fraction of sp³-hybridized carbons (Fsp3) is 0.333. The lowest BCUT2D eigenvalue weighted by Gasteiger charge is -1.99. The SMILES string of the molecule is CC(=O)C(O)c1nccs1. The molecule has 0 amide bonds. The van der Waals surface area contributed by atoms with E-state index in [1.165, 1.54) is 18.3 Å². The number of nitrogens with zero attached hydrogens (tertiary/aromatic N) is 1. The zero-order valence-corrected chi connectivity index (χ0v) is 6.26. The first-order valence-electron chi connectivity index (χ1n) is 2.79. The van der Waals surface area contributed by atoms with E-state index in [1.807, 2.05) is 0 Å². The number of aliphatic hydroxyl groups is 1. The summed E-state index contributed by atoms with van der Waals surface area (Å²) in [6, 6.07) is 0. The molecule has 0 radical (unpaired) electrons. The summed E-state index contributed by atoms with van der Waals surface area (Å²) in [6.07, 6.45) is 0.534. The Hall–Kier alpha value is -0.740. The van der Waals surface area contributed by atoms with Crippen molar-refractivity contribution in [3.8, 4) is 0 Å². The van der Waals surface area contributed by atoms with Crippen LogP contribution in [0.25, 0.3) is 0 Å². The van der Waals surface area contributed by atoms with Gasteiger partial charge in [0, 0.05) is 11.6 Å². The van der Waals surface area contributed by atoms with Crippen molar-refractivity contribution in [1.82, 2.24) is 4.98 Å². The minimum absolute atomic E-state index is 0.269. The highest BCUT2D eigenvalue weighted by atomic mass is 32.1. The van der Waals surface area contributed by atoms with Crippen LogP contribution in [0.2, 0.25) is 0 Å². The first-order chi connectivity index (χ1) is 4.72. The molecule has 10 heavy (non-hydrogen) atoms. The first kappa shape index (κ1) is 7.37. The molecule has 0 bridgehead atoms. The van der Waals surface area contributed by atoms with E-state index in [-0.39, 0.29) is 5.78 Å². The van der Waals surface area contributed by atoms with Crippen molar-refractivity contribution < 1.29 is 9.90 Å². The normalized spacial score (nSPS) is 13.0. The highest BCUT2D eigenvalue weighted by Gasteiger charge is 2.13. The van der Waals surface area contributed by atoms with Gasteiger partial charge < -0.3 is 5.11 Å². The van der Waals surface area contributed by atoms with E-state index in [0.29, 0.717) is 5.01 Å². The third kappa shape index (κ3) is 1.40. The van der Waals surface area contributed by atoms with Gasteiger partial charge in [-0.3, -0.25) is 4.79 Å². The van der Waals surface area contributed by atoms with Crippen LogP contribution in [0.3, 0.4) is 0 Å². The van der Waals surface area contributed by atoms with Crippen LogP contribution in [-0.4, -0.2) is 15.9 Å². The van der Waals surface area contributed by atoms with Crippen LogP contribution in [0.5, 0.6) is 0 Å². The van der Waals surface area contributed by atoms with E-state index in [1.54, 1.807) is 11.6 Å². The summed E-state index contributed by atoms with van der Waals surface area (Å²) in [4.78, 5) is 14.3. The predicted molar refractivity (Wildman–Crippen MR) is 37.8 cm³/mol. The van der Waals surface area contributed by atoms with Crippen LogP contribution < -0.4 is 0 Å². The van der Waals surface area contributed by atoms with Gasteiger partial charge in [0.25, 0.3) is 0 Å². The average Bonchev–Trinajstić information content (AvgIpc) is 2.36. The Morgan fingerprint density at radius 3 is 3.00 bits per heavy atom. The third-order valence-electron chi connectivity index (χ3n) is 1.07. The summed E-state index contributed by atoms with van der Waals surface area (Å²) in [5, 5.41) is 11.3. The molecule has 1 N–H and O–H groups in total. The van der Waals surface area contributed by atoms with E-state index in [2.05, 4.69) is 4.98 Å². The molecule has 0 fully saturated rings. The zero-order valence-electron chi connectivity index (χ0n) is 5.44. The lowest BCUT2D eigenvalue weighted by molar-refractivity contribution is -0.125. The summed E-state index contributed by atoms with van der Waals surface area (Å²) in [5.74, 6) is -0.269. The maximum Gasteiger partial charge on any atom is 0.165 e. The van der Waals surface area contributed by atoms with Crippen molar-refractivity contribution in [2.24, 2.45) is 0 Å². The van der Waals surface area contributed by atoms with Gasteiger partial charge in [0.15, 0.2) is 11.9 Å². The van der Waals surface area contributed by atoms with Crippen molar-refractivity contribution in [2.75, 3.05) is 0 Å². The van der Waals surface area contributed by atoms with E-state index in [4.69, 9.17) is 5.11 Å². The van der Waals surface area contributed by atoms with Gasteiger partial charge in [-0.1, -0.05) is 0 Å². The molecule has 3 nitrogen and oxygen atoms in total. The molecule has 0 saturated heterocycles. The van der Waals surface area contributed by atoms with Gasteiger partial charge in [-0.05, 0) is 6.92 Å². The van der Waals surface area contributed by atoms with Crippen molar-refractivity contribution in [3.05, 3.63) is 16.6 Å². The Bertz CT molecular complexity index is 220. The Morgan fingerprint density at radius 1 is 1.90 bits per heavy atom. The summed E-state index contributed by atoms with van der Waals surface area (Å²) < 4.78 is 0. The van der Waals surface area contributed by atoms with Crippen molar-refractivity contribution in [3.63, 3.8) is 0 Å². The summed E-state index contributed by atoms with van der Waals surface area (Å²) in [5.41, 5.74) is 0. The van der Waals surface area contributed by atoms with E-state index in [0.717, 1.165) is 0 Å². The molecule has 4 heteroatoms. The number of rotatable bonds is 2. The predicted octanol–water partition coefficient (Wildman–Crippen LogP) is 0.766. The van der Waals surface area contributed by atoms with Crippen LogP contribution >= 0.6 is 11.3 Å². The number of carbonyl (C=O) groups excluding carboxylic acids is 1. The number of hydrogen-bond acceptors (Lipinski definition) is 4. The van der Waals surface area contributed by atoms with Gasteiger partial charge in [-0.15, -0.1) is 11.3 Å². The number of Topliss-reactive ketones (excluding diaryl/α,β-unsaturated/α-hetero) is 1. The topological polar surface area (TPSA) is 50.2 Å². The zero-order chi connectivity index (χ0) is 7.56. The van der Waals surface area contributed by atoms with Gasteiger partial charge in [-0.25, -0.2) is 4.98 Å². The van der Waals surface area contributed by atoms with Crippen LogP contribution in [0.1, 0.15) is 18.0 Å². The standard InChI is InChI=1S/C6H7NO2S/c1-4(8)5(9)6-7-2-3-10-6/h2-3,5,9H,1H3. The molecule has 0 aromatic carbocycles. The average molecular weight is 157 g/mol. The molecule has 0 saturated carbocycles. The number of ketones is 1. The molecular weight excluding hydrogens is 150 g/mol. The van der Waals surface area contributed by atoms with Crippen LogP contribution in [0.15, 0.2) is 11.6 Å². The summed E-state index contributed by atoms with van der Waals surface area (Å²) in [7, 11) is 0. The first-order valence-corrected chi connectivity index (χ1v) is 3.67. The maximum absolute atomic E-state index is 10.6. The number of carbonyl (C=O) groups is 1. The van der Waals surface area contributed by atoms with E-state index >= 15 is 0 Å². The number of aliphatic hydroxyl groups excluding tert-OH is 1. The third-order valence-corrected chi connectivity index (χ3v) is 1.90. The number of aromatic nitrogens is 1. The minimum atomic E-state index is -1.03. The molecule has 1 heterocycles. The second-order valence-electron chi connectivity index (χ2n) is 1.88. The van der Waals surface area contributed by atoms with Crippen molar-refractivity contribution >= 4 is 17.1 Å². The minimum Gasteiger partial charge on any atom is -0.378 e. The lowest BCUT2D eigenvalue weighted by atomic mass is 10.3. The number of thiazole rings is 1. The molecular formula is C6H7NO2S. The monoisotopic (exact) mass is 157 g/mol. The molecule has 1 aromatic heterocycles. The fourth-order valence-electron chi connectivity index (χ4n) is 0.543. The van der Waals surface area contributed by atoms with Crippen molar-refractivity contribution in [1.29, 1.82) is 0 Å². The molecule has 1 atom stereocenters. The second-order valence-corrected chi connectivity index (χ2v) is 2.81.